The third kappa shape index (κ3) is 2.73. The molecule has 0 atom stereocenters. The van der Waals surface area contributed by atoms with E-state index in [0.717, 1.165) is 16.8 Å². The van der Waals surface area contributed by atoms with Crippen molar-refractivity contribution in [1.82, 2.24) is 14.7 Å². The standard InChI is InChI=1S/C16H16N4O3/c1-9-5-4-6-10(2)14(9)18-12(21)7-20-8-17-15-13(16(20)22)11(3)19-23-15/h4-6,8H,7H2,1-3H3,(H,18,21). The quantitative estimate of drug-likeness (QED) is 0.798. The highest BCUT2D eigenvalue weighted by Crippen LogP contribution is 2.19. The number of anilines is 1. The number of nitrogens with zero attached hydrogens (tertiary/aromatic N) is 3. The second kappa shape index (κ2) is 5.68. The van der Waals surface area contributed by atoms with Gasteiger partial charge in [-0.1, -0.05) is 23.4 Å². The van der Waals surface area contributed by atoms with Crippen molar-refractivity contribution in [2.75, 3.05) is 5.32 Å². The second-order valence-corrected chi connectivity index (χ2v) is 5.44. The summed E-state index contributed by atoms with van der Waals surface area (Å²) in [5.74, 6) is -0.292. The average molecular weight is 312 g/mol. The molecule has 7 nitrogen and oxygen atoms in total. The van der Waals surface area contributed by atoms with Crippen molar-refractivity contribution < 1.29 is 9.32 Å². The maximum absolute atomic E-state index is 12.4. The van der Waals surface area contributed by atoms with Crippen LogP contribution in [0.5, 0.6) is 0 Å². The Bertz CT molecular complexity index is 935. The molecule has 0 saturated carbocycles. The van der Waals surface area contributed by atoms with Crippen molar-refractivity contribution in [2.45, 2.75) is 27.3 Å². The minimum atomic E-state index is -0.342. The van der Waals surface area contributed by atoms with E-state index in [1.54, 1.807) is 6.92 Å². The van der Waals surface area contributed by atoms with Gasteiger partial charge in [0.1, 0.15) is 18.3 Å². The number of para-hydroxylation sites is 1. The van der Waals surface area contributed by atoms with Crippen molar-refractivity contribution in [3.05, 3.63) is 51.7 Å². The van der Waals surface area contributed by atoms with Gasteiger partial charge in [-0.25, -0.2) is 4.98 Å². The van der Waals surface area contributed by atoms with Crippen LogP contribution in [0.15, 0.2) is 33.8 Å². The van der Waals surface area contributed by atoms with Crippen LogP contribution in [0.2, 0.25) is 0 Å². The molecule has 2 heterocycles. The fourth-order valence-electron chi connectivity index (χ4n) is 2.47. The Morgan fingerprint density at radius 1 is 1.26 bits per heavy atom. The van der Waals surface area contributed by atoms with Gasteiger partial charge in [0, 0.05) is 5.69 Å². The minimum absolute atomic E-state index is 0.125. The normalized spacial score (nSPS) is 10.9. The third-order valence-electron chi connectivity index (χ3n) is 3.69. The van der Waals surface area contributed by atoms with Crippen LogP contribution in [-0.2, 0) is 11.3 Å². The van der Waals surface area contributed by atoms with Crippen LogP contribution < -0.4 is 10.9 Å². The first-order valence-electron chi connectivity index (χ1n) is 7.15. The Morgan fingerprint density at radius 3 is 2.65 bits per heavy atom. The van der Waals surface area contributed by atoms with Crippen molar-refractivity contribution in [3.8, 4) is 0 Å². The molecule has 0 aliphatic heterocycles. The van der Waals surface area contributed by atoms with Gasteiger partial charge in [-0.05, 0) is 31.9 Å². The van der Waals surface area contributed by atoms with Crippen LogP contribution in [0.4, 0.5) is 5.69 Å². The molecule has 7 heteroatoms. The lowest BCUT2D eigenvalue weighted by Crippen LogP contribution is -2.28. The Morgan fingerprint density at radius 2 is 1.96 bits per heavy atom. The summed E-state index contributed by atoms with van der Waals surface area (Å²) < 4.78 is 6.19. The Kier molecular flexibility index (Phi) is 3.69. The van der Waals surface area contributed by atoms with E-state index in [-0.39, 0.29) is 23.7 Å². The molecular formula is C16H16N4O3. The lowest BCUT2D eigenvalue weighted by molar-refractivity contribution is -0.116. The first-order chi connectivity index (χ1) is 11.0. The smallest absolute Gasteiger partial charge is 0.267 e. The van der Waals surface area contributed by atoms with Crippen LogP contribution in [0, 0.1) is 20.8 Å². The Balaban J connectivity index is 1.87. The van der Waals surface area contributed by atoms with Crippen molar-refractivity contribution in [2.24, 2.45) is 0 Å². The van der Waals surface area contributed by atoms with E-state index in [1.807, 2.05) is 32.0 Å². The predicted molar refractivity (Wildman–Crippen MR) is 85.3 cm³/mol. The molecule has 0 aliphatic carbocycles. The fourth-order valence-corrected chi connectivity index (χ4v) is 2.47. The zero-order valence-electron chi connectivity index (χ0n) is 13.1. The molecule has 1 aromatic carbocycles. The number of hydrogen-bond donors (Lipinski definition) is 1. The molecule has 0 unspecified atom stereocenters. The number of aryl methyl sites for hydroxylation is 3. The summed E-state index contributed by atoms with van der Waals surface area (Å²) in [4.78, 5) is 28.6. The van der Waals surface area contributed by atoms with Crippen LogP contribution in [-0.4, -0.2) is 20.6 Å². The maximum atomic E-state index is 12.4. The number of nitrogens with one attached hydrogen (secondary N) is 1. The van der Waals surface area contributed by atoms with Crippen molar-refractivity contribution in [3.63, 3.8) is 0 Å². The molecule has 2 aromatic heterocycles. The lowest BCUT2D eigenvalue weighted by atomic mass is 10.1. The number of amides is 1. The summed E-state index contributed by atoms with van der Waals surface area (Å²) in [7, 11) is 0. The van der Waals surface area contributed by atoms with Crippen LogP contribution in [0.1, 0.15) is 16.8 Å². The van der Waals surface area contributed by atoms with Gasteiger partial charge < -0.3 is 9.84 Å². The number of carbonyl (C=O) groups excluding carboxylic acids is 1. The van der Waals surface area contributed by atoms with Crippen LogP contribution in [0.3, 0.4) is 0 Å². The molecule has 3 aromatic rings. The summed E-state index contributed by atoms with van der Waals surface area (Å²) in [6.45, 7) is 5.38. The molecule has 0 spiro atoms. The van der Waals surface area contributed by atoms with E-state index in [2.05, 4.69) is 15.5 Å². The van der Waals surface area contributed by atoms with E-state index in [0.29, 0.717) is 11.1 Å². The Hall–Kier alpha value is -2.96. The first-order valence-corrected chi connectivity index (χ1v) is 7.15. The van der Waals surface area contributed by atoms with Gasteiger partial charge in [0.05, 0.1) is 5.69 Å². The number of rotatable bonds is 3. The highest BCUT2D eigenvalue weighted by atomic mass is 16.5. The van der Waals surface area contributed by atoms with E-state index < -0.39 is 0 Å². The second-order valence-electron chi connectivity index (χ2n) is 5.44. The zero-order chi connectivity index (χ0) is 16.6. The Labute approximate surface area is 131 Å². The van der Waals surface area contributed by atoms with Crippen molar-refractivity contribution >= 4 is 22.7 Å². The summed E-state index contributed by atoms with van der Waals surface area (Å²) in [5.41, 5.74) is 3.00. The predicted octanol–water partition coefficient (Wildman–Crippen LogP) is 1.95. The molecule has 23 heavy (non-hydrogen) atoms. The highest BCUT2D eigenvalue weighted by Gasteiger charge is 2.14. The summed E-state index contributed by atoms with van der Waals surface area (Å²) in [6, 6.07) is 5.77. The third-order valence-corrected chi connectivity index (χ3v) is 3.69. The molecule has 0 radical (unpaired) electrons. The monoisotopic (exact) mass is 312 g/mol. The molecule has 0 fully saturated rings. The maximum Gasteiger partial charge on any atom is 0.267 e. The van der Waals surface area contributed by atoms with Gasteiger partial charge in [0.25, 0.3) is 11.3 Å². The van der Waals surface area contributed by atoms with Gasteiger partial charge >= 0.3 is 0 Å². The minimum Gasteiger partial charge on any atom is -0.335 e. The van der Waals surface area contributed by atoms with Gasteiger partial charge in [0.15, 0.2) is 0 Å². The average Bonchev–Trinajstić information content (AvgIpc) is 2.88. The van der Waals surface area contributed by atoms with Gasteiger partial charge in [-0.2, -0.15) is 0 Å². The summed E-state index contributed by atoms with van der Waals surface area (Å²) >= 11 is 0. The SMILES string of the molecule is Cc1cccc(C)c1NC(=O)Cn1cnc2onc(C)c2c1=O. The number of aromatic nitrogens is 3. The fraction of sp³-hybridized carbons (Fsp3) is 0.250. The first kappa shape index (κ1) is 15.0. The number of hydrogen-bond acceptors (Lipinski definition) is 5. The van der Waals surface area contributed by atoms with Crippen molar-refractivity contribution in [1.29, 1.82) is 0 Å². The van der Waals surface area contributed by atoms with E-state index in [9.17, 15) is 9.59 Å². The van der Waals surface area contributed by atoms with E-state index >= 15 is 0 Å². The molecule has 0 aliphatic rings. The largest absolute Gasteiger partial charge is 0.335 e. The molecule has 0 saturated heterocycles. The topological polar surface area (TPSA) is 90.0 Å². The number of benzene rings is 1. The number of carbonyl (C=O) groups is 1. The highest BCUT2D eigenvalue weighted by molar-refractivity contribution is 5.92. The number of fused-ring (bicyclic) bond motifs is 1. The van der Waals surface area contributed by atoms with Gasteiger partial charge in [-0.15, -0.1) is 0 Å². The van der Waals surface area contributed by atoms with E-state index in [1.165, 1.54) is 10.9 Å². The van der Waals surface area contributed by atoms with Crippen LogP contribution >= 0.6 is 0 Å². The zero-order valence-corrected chi connectivity index (χ0v) is 13.1. The summed E-state index contributed by atoms with van der Waals surface area (Å²) in [6.07, 6.45) is 1.29. The molecule has 1 N–H and O–H groups in total. The molecule has 3 rings (SSSR count). The van der Waals surface area contributed by atoms with Gasteiger partial charge in [-0.3, -0.25) is 14.2 Å². The molecular weight excluding hydrogens is 296 g/mol. The lowest BCUT2D eigenvalue weighted by Gasteiger charge is -2.12. The molecule has 118 valence electrons. The molecule has 0 bridgehead atoms. The van der Waals surface area contributed by atoms with Gasteiger partial charge in [0.2, 0.25) is 5.91 Å². The molecule has 1 amide bonds. The van der Waals surface area contributed by atoms with E-state index in [4.69, 9.17) is 4.52 Å². The summed E-state index contributed by atoms with van der Waals surface area (Å²) in [5, 5.41) is 6.86. The van der Waals surface area contributed by atoms with Crippen LogP contribution in [0.25, 0.3) is 11.1 Å².